The average molecular weight is 1030 g/mol. The third kappa shape index (κ3) is 14.2. The lowest BCUT2D eigenvalue weighted by Crippen LogP contribution is -2.71. The molecule has 20 atom stereocenters. The van der Waals surface area contributed by atoms with Crippen molar-refractivity contribution in [3.63, 3.8) is 0 Å². The summed E-state index contributed by atoms with van der Waals surface area (Å²) in [5.74, 6) is -5.63. The van der Waals surface area contributed by atoms with Crippen LogP contribution in [0.3, 0.4) is 0 Å². The number of hydrogen-bond donors (Lipinski definition) is 14. The molecule has 396 valence electrons. The van der Waals surface area contributed by atoms with Crippen molar-refractivity contribution < 1.29 is 135 Å². The van der Waals surface area contributed by atoms with Crippen LogP contribution in [0.5, 0.6) is 0 Å². The van der Waals surface area contributed by atoms with Gasteiger partial charge in [0.1, 0.15) is 91.9 Å². The maximum absolute atomic E-state index is 12.8. The van der Waals surface area contributed by atoms with Crippen LogP contribution >= 0.6 is 0 Å². The van der Waals surface area contributed by atoms with Crippen molar-refractivity contribution in [2.45, 2.75) is 143 Å². The Bertz CT molecular complexity index is 2040. The number of nitrogens with one attached hydrogen (secondary N) is 3. The molecule has 1 aromatic rings. The Balaban J connectivity index is 1.39. The summed E-state index contributed by atoms with van der Waals surface area (Å²) in [6, 6.07) is 4.94. The van der Waals surface area contributed by atoms with Gasteiger partial charge < -0.3 is 110 Å². The molecule has 0 bridgehead atoms. The second-order valence-electron chi connectivity index (χ2n) is 16.0. The van der Waals surface area contributed by atoms with Crippen molar-refractivity contribution in [3.05, 3.63) is 35.9 Å². The number of alkyl carbamates (subject to hydrolysis) is 1. The van der Waals surface area contributed by atoms with Crippen LogP contribution in [-0.2, 0) is 83.0 Å². The largest absolute Gasteiger partial charge is 0.479 e. The summed E-state index contributed by atoms with van der Waals surface area (Å²) >= 11 is 0. The third-order valence-electron chi connectivity index (χ3n) is 11.0. The lowest BCUT2D eigenvalue weighted by atomic mass is 9.94. The molecule has 4 fully saturated rings. The molecular formula is C38H55N3O28S. The number of hydrogen-bond acceptors (Lipinski definition) is 25. The number of aliphatic hydroxyl groups is 8. The van der Waals surface area contributed by atoms with Gasteiger partial charge in [-0.05, 0) is 5.56 Å². The summed E-state index contributed by atoms with van der Waals surface area (Å²) in [4.78, 5) is 62.0. The van der Waals surface area contributed by atoms with Gasteiger partial charge in [0.05, 0.1) is 19.8 Å². The summed E-state index contributed by atoms with van der Waals surface area (Å²) in [5, 5.41) is 113. The van der Waals surface area contributed by atoms with E-state index in [0.29, 0.717) is 5.56 Å². The van der Waals surface area contributed by atoms with E-state index in [1.165, 1.54) is 0 Å². The van der Waals surface area contributed by atoms with Gasteiger partial charge in [-0.15, -0.1) is 0 Å². The smallest absolute Gasteiger partial charge is 0.407 e. The van der Waals surface area contributed by atoms with E-state index in [1.807, 2.05) is 0 Å². The number of ether oxygens (including phenoxy) is 9. The fourth-order valence-electron chi connectivity index (χ4n) is 7.76. The standard InChI is InChI=1S/C38H55N3O28S/c1-13(44)40-18-27(64-36-24(50)21(47)22(48)30(67-36)32(52)53)20(46)16(10-42)62-35(18)66-29-23(49)25(51)37(68-31(29)33(54)55)65-28-19(41-14(2)45)34(63-17(11-43)26(28)69-70(57,58)59)60-9-8-39-38(56)61-12-15-6-4-3-5-7-15/h3-7,16-31,34-37,42-43,46-51H,8-12H2,1-2H3,(H,39,56)(H,40,44)(H,41,45)(H,52,53)(H,54,55)(H,57,58,59)/t16-,17-,18-,19-,20+,21+,22+,23-,24-,25-,26+,27-,28-,29+,30+,31+,34-,35+,36-,37-/m1/s1. The number of carbonyl (C=O) groups excluding carboxylic acids is 3. The molecule has 5 rings (SSSR count). The molecule has 4 heterocycles. The van der Waals surface area contributed by atoms with Crippen molar-refractivity contribution in [1.82, 2.24) is 16.0 Å². The van der Waals surface area contributed by atoms with Crippen LogP contribution in [0.15, 0.2) is 30.3 Å². The van der Waals surface area contributed by atoms with E-state index >= 15 is 0 Å². The molecule has 0 aromatic heterocycles. The summed E-state index contributed by atoms with van der Waals surface area (Å²) in [6.07, 6.45) is -40.0. The molecular weight excluding hydrogens is 978 g/mol. The SMILES string of the molecule is CC(=O)N[C@H]1[C@H](OCCNC(=O)OCc2ccccc2)O[C@H](CO)[C@H](OS(=O)(=O)O)[C@@H]1O[C@@H]1O[C@H](C(=O)O)[C@@H](O[C@@H]2O[C@H](CO)[C@H](O)[C@H](O[C@@H]3O[C@H](C(=O)O)[C@@H](O)[C@H](O)[C@H]3O)[C@H]2NC(C)=O)[C@H](O)[C@H]1O. The lowest BCUT2D eigenvalue weighted by molar-refractivity contribution is -0.368. The second-order valence-corrected chi connectivity index (χ2v) is 17.1. The van der Waals surface area contributed by atoms with Crippen molar-refractivity contribution in [3.8, 4) is 0 Å². The highest BCUT2D eigenvalue weighted by Crippen LogP contribution is 2.36. The van der Waals surface area contributed by atoms with Gasteiger partial charge in [-0.3, -0.25) is 14.1 Å². The Morgan fingerprint density at radius 1 is 0.614 bits per heavy atom. The zero-order valence-electron chi connectivity index (χ0n) is 36.7. The molecule has 0 saturated carbocycles. The molecule has 4 aliphatic rings. The molecule has 32 heteroatoms. The molecule has 14 N–H and O–H groups in total. The number of carbonyl (C=O) groups is 5. The monoisotopic (exact) mass is 1030 g/mol. The van der Waals surface area contributed by atoms with E-state index in [9.17, 15) is 88.0 Å². The Morgan fingerprint density at radius 3 is 1.70 bits per heavy atom. The number of rotatable bonds is 20. The molecule has 70 heavy (non-hydrogen) atoms. The first-order chi connectivity index (χ1) is 33.0. The van der Waals surface area contributed by atoms with Gasteiger partial charge in [0.15, 0.2) is 37.4 Å². The van der Waals surface area contributed by atoms with Crippen molar-refractivity contribution in [2.75, 3.05) is 26.4 Å². The highest BCUT2D eigenvalue weighted by Gasteiger charge is 2.58. The molecule has 4 saturated heterocycles. The Hall–Kier alpha value is -4.40. The van der Waals surface area contributed by atoms with Gasteiger partial charge in [-0.2, -0.15) is 8.42 Å². The van der Waals surface area contributed by atoms with Crippen LogP contribution in [0.2, 0.25) is 0 Å². The Labute approximate surface area is 395 Å². The average Bonchev–Trinajstić information content (AvgIpc) is 3.29. The number of aliphatic carboxylic acids is 2. The third-order valence-corrected chi connectivity index (χ3v) is 11.5. The normalized spacial score (nSPS) is 37.9. The maximum Gasteiger partial charge on any atom is 0.407 e. The van der Waals surface area contributed by atoms with E-state index in [2.05, 4.69) is 16.0 Å². The molecule has 0 radical (unpaired) electrons. The Morgan fingerprint density at radius 2 is 1.14 bits per heavy atom. The molecule has 31 nitrogen and oxygen atoms in total. The van der Waals surface area contributed by atoms with Crippen molar-refractivity contribution >= 4 is 40.2 Å². The zero-order chi connectivity index (χ0) is 51.8. The van der Waals surface area contributed by atoms with Crippen LogP contribution in [0.4, 0.5) is 4.79 Å². The number of carboxylic acid groups (broad SMARTS) is 2. The van der Waals surface area contributed by atoms with Gasteiger partial charge in [0.2, 0.25) is 11.8 Å². The minimum Gasteiger partial charge on any atom is -0.479 e. The van der Waals surface area contributed by atoms with E-state index in [1.54, 1.807) is 30.3 Å². The fourth-order valence-corrected chi connectivity index (χ4v) is 8.28. The molecule has 1 aromatic carbocycles. The molecule has 0 spiro atoms. The topological polar surface area (TPSA) is 470 Å². The predicted octanol–water partition coefficient (Wildman–Crippen LogP) is -7.50. The summed E-state index contributed by atoms with van der Waals surface area (Å²) in [7, 11) is -5.51. The second kappa shape index (κ2) is 24.8. The van der Waals surface area contributed by atoms with Crippen LogP contribution in [-0.4, -0.2) is 243 Å². The van der Waals surface area contributed by atoms with E-state index < -0.39 is 183 Å². The number of aliphatic hydroxyl groups excluding tert-OH is 8. The summed E-state index contributed by atoms with van der Waals surface area (Å²) < 4.78 is 88.7. The van der Waals surface area contributed by atoms with E-state index in [0.717, 1.165) is 13.8 Å². The van der Waals surface area contributed by atoms with E-state index in [4.69, 9.17) is 46.8 Å². The predicted molar refractivity (Wildman–Crippen MR) is 217 cm³/mol. The van der Waals surface area contributed by atoms with Gasteiger partial charge >= 0.3 is 28.4 Å². The first kappa shape index (κ1) is 56.5. The van der Waals surface area contributed by atoms with Crippen LogP contribution in [0.1, 0.15) is 19.4 Å². The van der Waals surface area contributed by atoms with Crippen LogP contribution in [0.25, 0.3) is 0 Å². The maximum atomic E-state index is 12.8. The van der Waals surface area contributed by atoms with Gasteiger partial charge in [-0.25, -0.2) is 18.6 Å². The van der Waals surface area contributed by atoms with Gasteiger partial charge in [-0.1, -0.05) is 30.3 Å². The first-order valence-electron chi connectivity index (χ1n) is 21.1. The number of benzene rings is 1. The first-order valence-corrected chi connectivity index (χ1v) is 22.4. The van der Waals surface area contributed by atoms with Crippen molar-refractivity contribution in [2.24, 2.45) is 0 Å². The lowest BCUT2D eigenvalue weighted by Gasteiger charge is -2.50. The van der Waals surface area contributed by atoms with Crippen molar-refractivity contribution in [1.29, 1.82) is 0 Å². The van der Waals surface area contributed by atoms with Gasteiger partial charge in [0.25, 0.3) is 0 Å². The fraction of sp³-hybridized carbons (Fsp3) is 0.711. The zero-order valence-corrected chi connectivity index (χ0v) is 37.6. The highest BCUT2D eigenvalue weighted by molar-refractivity contribution is 7.80. The van der Waals surface area contributed by atoms with Crippen LogP contribution < -0.4 is 16.0 Å². The summed E-state index contributed by atoms with van der Waals surface area (Å²) in [5.41, 5.74) is 0.672. The Kier molecular flexibility index (Phi) is 20.0. The summed E-state index contributed by atoms with van der Waals surface area (Å²) in [6.45, 7) is -1.14. The van der Waals surface area contributed by atoms with E-state index in [-0.39, 0.29) is 13.2 Å². The molecule has 0 unspecified atom stereocenters. The minimum atomic E-state index is -5.51. The van der Waals surface area contributed by atoms with Gasteiger partial charge in [0, 0.05) is 20.4 Å². The highest BCUT2D eigenvalue weighted by atomic mass is 32.3. The number of amides is 3. The number of carboxylic acids is 2. The molecule has 4 aliphatic heterocycles. The molecule has 3 amide bonds. The molecule has 0 aliphatic carbocycles. The quantitative estimate of drug-likeness (QED) is 0.0426. The van der Waals surface area contributed by atoms with Crippen LogP contribution in [0, 0.1) is 0 Å². The minimum absolute atomic E-state index is 0.0926.